The second-order valence-electron chi connectivity index (χ2n) is 4.83. The minimum absolute atomic E-state index is 0.257. The third kappa shape index (κ3) is 3.64. The van der Waals surface area contributed by atoms with Crippen LogP contribution in [0.25, 0.3) is 0 Å². The molecule has 3 nitrogen and oxygen atoms in total. The fourth-order valence-corrected chi connectivity index (χ4v) is 3.63. The monoisotopic (exact) mass is 265 g/mol. The Hall–Kier alpha value is 0.260. The van der Waals surface area contributed by atoms with Crippen LogP contribution in [0.15, 0.2) is 0 Å². The molecule has 1 rings (SSSR count). The van der Waals surface area contributed by atoms with Gasteiger partial charge >= 0.3 is 0 Å². The van der Waals surface area contributed by atoms with Crippen LogP contribution in [0.4, 0.5) is 0 Å². The number of sulfone groups is 1. The molecule has 1 fully saturated rings. The topological polar surface area (TPSA) is 46.2 Å². The molecular formula is C11H23NO2S2. The lowest BCUT2D eigenvalue weighted by Crippen LogP contribution is -2.44. The average Bonchev–Trinajstić information content (AvgIpc) is 2.15. The van der Waals surface area contributed by atoms with Crippen molar-refractivity contribution in [1.82, 2.24) is 5.32 Å². The van der Waals surface area contributed by atoms with Gasteiger partial charge in [0.25, 0.3) is 0 Å². The quantitative estimate of drug-likeness (QED) is 0.712. The number of hydrogen-bond donors (Lipinski definition) is 1. The van der Waals surface area contributed by atoms with E-state index in [1.54, 1.807) is 13.8 Å². The molecule has 0 aromatic carbocycles. The van der Waals surface area contributed by atoms with Gasteiger partial charge in [0.1, 0.15) is 0 Å². The van der Waals surface area contributed by atoms with Crippen LogP contribution in [0.2, 0.25) is 0 Å². The second-order valence-corrected chi connectivity index (χ2v) is 8.78. The maximum absolute atomic E-state index is 11.6. The highest BCUT2D eigenvalue weighted by Gasteiger charge is 2.35. The van der Waals surface area contributed by atoms with Gasteiger partial charge < -0.3 is 5.32 Å². The maximum atomic E-state index is 11.6. The summed E-state index contributed by atoms with van der Waals surface area (Å²) in [5, 5.41) is 3.03. The molecule has 1 aliphatic carbocycles. The second kappa shape index (κ2) is 5.74. The maximum Gasteiger partial charge on any atom is 0.153 e. The van der Waals surface area contributed by atoms with E-state index in [1.807, 2.05) is 11.8 Å². The van der Waals surface area contributed by atoms with E-state index in [4.69, 9.17) is 0 Å². The van der Waals surface area contributed by atoms with Gasteiger partial charge in [0.15, 0.2) is 9.84 Å². The van der Waals surface area contributed by atoms with Gasteiger partial charge in [-0.15, -0.1) is 0 Å². The molecule has 96 valence electrons. The van der Waals surface area contributed by atoms with Crippen molar-refractivity contribution in [3.8, 4) is 0 Å². The molecule has 16 heavy (non-hydrogen) atoms. The third-order valence-electron chi connectivity index (χ3n) is 3.43. The molecule has 0 spiro atoms. The summed E-state index contributed by atoms with van der Waals surface area (Å²) in [7, 11) is -2.88. The smallest absolute Gasteiger partial charge is 0.153 e. The lowest BCUT2D eigenvalue weighted by atomic mass is 9.84. The standard InChI is InChI=1S/C11H23NO2S2/c1-10(2)16(13,14)8-7-12-9-11(15-3)5-4-6-11/h10,12H,4-9H2,1-3H3. The predicted octanol–water partition coefficient (Wildman–Crippen LogP) is 1.68. The van der Waals surface area contributed by atoms with Crippen molar-refractivity contribution in [3.05, 3.63) is 0 Å². The Morgan fingerprint density at radius 2 is 2.00 bits per heavy atom. The first-order valence-corrected chi connectivity index (χ1v) is 8.83. The van der Waals surface area contributed by atoms with Crippen molar-refractivity contribution in [2.75, 3.05) is 25.1 Å². The fraction of sp³-hybridized carbons (Fsp3) is 1.00. The lowest BCUT2D eigenvalue weighted by molar-refractivity contribution is 0.348. The molecule has 0 aromatic rings. The van der Waals surface area contributed by atoms with E-state index in [1.165, 1.54) is 19.3 Å². The van der Waals surface area contributed by atoms with Crippen molar-refractivity contribution >= 4 is 21.6 Å². The zero-order chi connectivity index (χ0) is 12.2. The van der Waals surface area contributed by atoms with Crippen LogP contribution in [0.3, 0.4) is 0 Å². The van der Waals surface area contributed by atoms with Gasteiger partial charge in [-0.3, -0.25) is 0 Å². The summed E-state index contributed by atoms with van der Waals surface area (Å²) < 4.78 is 23.5. The van der Waals surface area contributed by atoms with E-state index in [-0.39, 0.29) is 11.0 Å². The molecule has 1 saturated carbocycles. The molecule has 0 bridgehead atoms. The van der Waals surface area contributed by atoms with Gasteiger partial charge in [0.2, 0.25) is 0 Å². The molecule has 1 aliphatic rings. The van der Waals surface area contributed by atoms with Crippen LogP contribution in [-0.4, -0.2) is 43.5 Å². The van der Waals surface area contributed by atoms with Crippen LogP contribution in [0, 0.1) is 0 Å². The number of rotatable bonds is 7. The molecule has 0 amide bonds. The van der Waals surface area contributed by atoms with Crippen LogP contribution in [0.1, 0.15) is 33.1 Å². The highest BCUT2D eigenvalue weighted by Crippen LogP contribution is 2.42. The lowest BCUT2D eigenvalue weighted by Gasteiger charge is -2.40. The van der Waals surface area contributed by atoms with Crippen molar-refractivity contribution in [2.45, 2.75) is 43.1 Å². The molecule has 0 aliphatic heterocycles. The van der Waals surface area contributed by atoms with Crippen molar-refractivity contribution in [2.24, 2.45) is 0 Å². The number of thioether (sulfide) groups is 1. The summed E-state index contributed by atoms with van der Waals surface area (Å²) >= 11 is 1.91. The van der Waals surface area contributed by atoms with E-state index in [0.29, 0.717) is 11.3 Å². The zero-order valence-electron chi connectivity index (χ0n) is 10.5. The Labute approximate surface area is 104 Å². The van der Waals surface area contributed by atoms with Crippen LogP contribution in [-0.2, 0) is 9.84 Å². The molecule has 0 heterocycles. The van der Waals surface area contributed by atoms with E-state index in [0.717, 1.165) is 6.54 Å². The SMILES string of the molecule is CSC1(CNCCS(=O)(=O)C(C)C)CCC1. The van der Waals surface area contributed by atoms with Gasteiger partial charge in [0, 0.05) is 17.8 Å². The Balaban J connectivity index is 2.22. The van der Waals surface area contributed by atoms with Crippen molar-refractivity contribution in [1.29, 1.82) is 0 Å². The Morgan fingerprint density at radius 3 is 2.38 bits per heavy atom. The largest absolute Gasteiger partial charge is 0.314 e. The summed E-state index contributed by atoms with van der Waals surface area (Å²) in [6, 6.07) is 0. The van der Waals surface area contributed by atoms with Gasteiger partial charge in [-0.2, -0.15) is 11.8 Å². The molecule has 5 heteroatoms. The van der Waals surface area contributed by atoms with E-state index < -0.39 is 9.84 Å². The van der Waals surface area contributed by atoms with Gasteiger partial charge in [0.05, 0.1) is 11.0 Å². The summed E-state index contributed by atoms with van der Waals surface area (Å²) in [5.74, 6) is 0.259. The minimum Gasteiger partial charge on any atom is -0.314 e. The number of nitrogens with one attached hydrogen (secondary N) is 1. The van der Waals surface area contributed by atoms with E-state index >= 15 is 0 Å². The molecule has 0 atom stereocenters. The highest BCUT2D eigenvalue weighted by atomic mass is 32.2. The Kier molecular flexibility index (Phi) is 5.13. The Bertz CT molecular complexity index is 302. The first kappa shape index (κ1) is 14.3. The van der Waals surface area contributed by atoms with E-state index in [2.05, 4.69) is 11.6 Å². The molecule has 0 aromatic heterocycles. The molecule has 0 unspecified atom stereocenters. The summed E-state index contributed by atoms with van der Waals surface area (Å²) in [4.78, 5) is 0. The van der Waals surface area contributed by atoms with Gasteiger partial charge in [-0.05, 0) is 32.9 Å². The van der Waals surface area contributed by atoms with Crippen LogP contribution in [0.5, 0.6) is 0 Å². The van der Waals surface area contributed by atoms with E-state index in [9.17, 15) is 8.42 Å². The van der Waals surface area contributed by atoms with Gasteiger partial charge in [-0.1, -0.05) is 6.42 Å². The van der Waals surface area contributed by atoms with Crippen LogP contribution >= 0.6 is 11.8 Å². The summed E-state index contributed by atoms with van der Waals surface area (Å²) in [6.07, 6.45) is 5.98. The third-order valence-corrected chi connectivity index (χ3v) is 7.05. The normalized spacial score (nSPS) is 19.8. The minimum atomic E-state index is -2.88. The zero-order valence-corrected chi connectivity index (χ0v) is 12.1. The molecule has 1 N–H and O–H groups in total. The molecular weight excluding hydrogens is 242 g/mol. The summed E-state index contributed by atoms with van der Waals surface area (Å²) in [5.41, 5.74) is 0. The molecule has 0 saturated heterocycles. The fourth-order valence-electron chi connectivity index (χ4n) is 1.79. The summed E-state index contributed by atoms with van der Waals surface area (Å²) in [6.45, 7) is 5.01. The highest BCUT2D eigenvalue weighted by molar-refractivity contribution is 8.00. The first-order valence-electron chi connectivity index (χ1n) is 5.89. The first-order chi connectivity index (χ1) is 7.42. The Morgan fingerprint density at radius 1 is 1.38 bits per heavy atom. The number of hydrogen-bond acceptors (Lipinski definition) is 4. The predicted molar refractivity (Wildman–Crippen MR) is 71.9 cm³/mol. The average molecular weight is 265 g/mol. The van der Waals surface area contributed by atoms with Crippen LogP contribution < -0.4 is 5.32 Å². The molecule has 0 radical (unpaired) electrons. The van der Waals surface area contributed by atoms with Gasteiger partial charge in [-0.25, -0.2) is 8.42 Å². The van der Waals surface area contributed by atoms with Crippen molar-refractivity contribution in [3.63, 3.8) is 0 Å². The van der Waals surface area contributed by atoms with Crippen molar-refractivity contribution < 1.29 is 8.42 Å².